The molecule has 0 bridgehead atoms. The molecule has 0 radical (unpaired) electrons. The van der Waals surface area contributed by atoms with Crippen LogP contribution in [0.1, 0.15) is 27.7 Å². The van der Waals surface area contributed by atoms with Crippen molar-refractivity contribution in [2.45, 2.75) is 20.0 Å². The van der Waals surface area contributed by atoms with Gasteiger partial charge in [0.15, 0.2) is 0 Å². The summed E-state index contributed by atoms with van der Waals surface area (Å²) in [7, 11) is 0. The second-order valence-corrected chi connectivity index (χ2v) is 6.16. The molecule has 1 aromatic heterocycles. The number of aryl methyl sites for hydroxylation is 2. The highest BCUT2D eigenvalue weighted by atomic mass is 35.5. The molecule has 1 N–H and O–H groups in total. The lowest BCUT2D eigenvalue weighted by molar-refractivity contribution is 0.223. The fourth-order valence-electron chi connectivity index (χ4n) is 1.73. The van der Waals surface area contributed by atoms with Crippen molar-refractivity contribution < 1.29 is 5.11 Å². The first-order valence-electron chi connectivity index (χ1n) is 5.19. The zero-order valence-corrected chi connectivity index (χ0v) is 11.8. The van der Waals surface area contributed by atoms with E-state index >= 15 is 0 Å². The minimum absolute atomic E-state index is 0.636. The van der Waals surface area contributed by atoms with E-state index in [2.05, 4.69) is 0 Å². The summed E-state index contributed by atoms with van der Waals surface area (Å²) in [6, 6.07) is 7.45. The standard InChI is InChI=1S/C13H12Cl2OS/c1-7-6-10(14)8(2)5-9(7)13(16)11-3-4-12(15)17-11/h3-6,13,16H,1-2H3. The summed E-state index contributed by atoms with van der Waals surface area (Å²) >= 11 is 13.3. The van der Waals surface area contributed by atoms with Gasteiger partial charge in [-0.3, -0.25) is 0 Å². The lowest BCUT2D eigenvalue weighted by Gasteiger charge is -2.14. The minimum atomic E-state index is -0.636. The predicted molar refractivity (Wildman–Crippen MR) is 74.3 cm³/mol. The van der Waals surface area contributed by atoms with Crippen molar-refractivity contribution in [1.82, 2.24) is 0 Å². The summed E-state index contributed by atoms with van der Waals surface area (Å²) in [5.74, 6) is 0. The molecule has 2 aromatic rings. The molecule has 0 amide bonds. The first-order valence-corrected chi connectivity index (χ1v) is 6.76. The molecule has 0 aliphatic carbocycles. The maximum Gasteiger partial charge on any atom is 0.114 e. The van der Waals surface area contributed by atoms with Crippen LogP contribution in [0.4, 0.5) is 0 Å². The fourth-order valence-corrected chi connectivity index (χ4v) is 3.01. The second-order valence-electron chi connectivity index (χ2n) is 4.00. The van der Waals surface area contributed by atoms with Gasteiger partial charge in [0.05, 0.1) is 4.34 Å². The first kappa shape index (κ1) is 12.9. The van der Waals surface area contributed by atoms with E-state index in [1.54, 1.807) is 6.07 Å². The zero-order valence-electron chi connectivity index (χ0n) is 9.50. The lowest BCUT2D eigenvalue weighted by Crippen LogP contribution is -2.00. The Balaban J connectivity index is 2.43. The fraction of sp³-hybridized carbons (Fsp3) is 0.231. The van der Waals surface area contributed by atoms with Crippen LogP contribution in [0.5, 0.6) is 0 Å². The lowest BCUT2D eigenvalue weighted by atomic mass is 10.00. The Labute approximate surface area is 115 Å². The second kappa shape index (κ2) is 4.99. The Hall–Kier alpha value is -0.540. The summed E-state index contributed by atoms with van der Waals surface area (Å²) in [4.78, 5) is 0.847. The number of aliphatic hydroxyl groups excluding tert-OH is 1. The molecule has 0 saturated carbocycles. The van der Waals surface area contributed by atoms with E-state index in [9.17, 15) is 5.11 Å². The molecule has 1 aromatic carbocycles. The minimum Gasteiger partial charge on any atom is -0.383 e. The van der Waals surface area contributed by atoms with Crippen molar-refractivity contribution in [3.05, 3.63) is 55.2 Å². The third kappa shape index (κ3) is 2.66. The molecule has 0 fully saturated rings. The molecule has 0 spiro atoms. The van der Waals surface area contributed by atoms with E-state index in [0.717, 1.165) is 26.6 Å². The molecule has 2 rings (SSSR count). The van der Waals surface area contributed by atoms with E-state index in [4.69, 9.17) is 23.2 Å². The molecule has 90 valence electrons. The Bertz CT molecular complexity index is 548. The van der Waals surface area contributed by atoms with Crippen LogP contribution in [0.15, 0.2) is 24.3 Å². The van der Waals surface area contributed by atoms with Crippen LogP contribution in [0, 0.1) is 13.8 Å². The molecular weight excluding hydrogens is 275 g/mol. The maximum absolute atomic E-state index is 10.3. The van der Waals surface area contributed by atoms with Crippen LogP contribution in [0.2, 0.25) is 9.36 Å². The van der Waals surface area contributed by atoms with Crippen LogP contribution >= 0.6 is 34.5 Å². The van der Waals surface area contributed by atoms with Gasteiger partial charge in [-0.1, -0.05) is 29.3 Å². The predicted octanol–water partition coefficient (Wildman–Crippen LogP) is 4.75. The third-order valence-electron chi connectivity index (χ3n) is 2.71. The average molecular weight is 287 g/mol. The largest absolute Gasteiger partial charge is 0.383 e. The normalized spacial score (nSPS) is 12.8. The van der Waals surface area contributed by atoms with Gasteiger partial charge in [0.2, 0.25) is 0 Å². The van der Waals surface area contributed by atoms with Crippen molar-refractivity contribution in [3.63, 3.8) is 0 Å². The molecule has 0 saturated heterocycles. The van der Waals surface area contributed by atoms with Crippen molar-refractivity contribution in [3.8, 4) is 0 Å². The quantitative estimate of drug-likeness (QED) is 0.844. The Morgan fingerprint density at radius 1 is 1.12 bits per heavy atom. The summed E-state index contributed by atoms with van der Waals surface area (Å²) in [6.45, 7) is 3.87. The van der Waals surface area contributed by atoms with Gasteiger partial charge < -0.3 is 5.11 Å². The molecule has 0 aliphatic heterocycles. The number of aliphatic hydroxyl groups is 1. The summed E-state index contributed by atoms with van der Waals surface area (Å²) in [5.41, 5.74) is 2.83. The first-order chi connectivity index (χ1) is 7.99. The van der Waals surface area contributed by atoms with Gasteiger partial charge in [-0.25, -0.2) is 0 Å². The monoisotopic (exact) mass is 286 g/mol. The number of hydrogen-bond donors (Lipinski definition) is 1. The van der Waals surface area contributed by atoms with Gasteiger partial charge in [0.25, 0.3) is 0 Å². The Morgan fingerprint density at radius 2 is 1.82 bits per heavy atom. The molecule has 0 aliphatic rings. The molecule has 1 nitrogen and oxygen atoms in total. The smallest absolute Gasteiger partial charge is 0.114 e. The van der Waals surface area contributed by atoms with Crippen molar-refractivity contribution in [2.24, 2.45) is 0 Å². The average Bonchev–Trinajstić information content (AvgIpc) is 2.69. The van der Waals surface area contributed by atoms with Crippen molar-refractivity contribution in [1.29, 1.82) is 0 Å². The van der Waals surface area contributed by atoms with E-state index in [1.807, 2.05) is 32.0 Å². The van der Waals surface area contributed by atoms with Crippen molar-refractivity contribution >= 4 is 34.5 Å². The topological polar surface area (TPSA) is 20.2 Å². The van der Waals surface area contributed by atoms with Crippen molar-refractivity contribution in [2.75, 3.05) is 0 Å². The van der Waals surface area contributed by atoms with Crippen LogP contribution in [-0.2, 0) is 0 Å². The Morgan fingerprint density at radius 3 is 2.41 bits per heavy atom. The van der Waals surface area contributed by atoms with Crippen LogP contribution in [0.3, 0.4) is 0 Å². The number of thiophene rings is 1. The number of rotatable bonds is 2. The summed E-state index contributed by atoms with van der Waals surface area (Å²) < 4.78 is 0.683. The number of hydrogen-bond acceptors (Lipinski definition) is 2. The van der Waals surface area contributed by atoms with Gasteiger partial charge >= 0.3 is 0 Å². The van der Waals surface area contributed by atoms with Crippen LogP contribution in [-0.4, -0.2) is 5.11 Å². The molecule has 1 atom stereocenters. The van der Waals surface area contributed by atoms with Gasteiger partial charge in [-0.15, -0.1) is 11.3 Å². The van der Waals surface area contributed by atoms with Gasteiger partial charge in [-0.05, 0) is 48.7 Å². The van der Waals surface area contributed by atoms with Gasteiger partial charge in [0, 0.05) is 9.90 Å². The SMILES string of the molecule is Cc1cc(C(O)c2ccc(Cl)s2)c(C)cc1Cl. The summed E-state index contributed by atoms with van der Waals surface area (Å²) in [6.07, 6.45) is -0.636. The maximum atomic E-state index is 10.3. The van der Waals surface area contributed by atoms with Gasteiger partial charge in [-0.2, -0.15) is 0 Å². The molecule has 1 heterocycles. The molecule has 1 unspecified atom stereocenters. The van der Waals surface area contributed by atoms with Crippen LogP contribution < -0.4 is 0 Å². The third-order valence-corrected chi connectivity index (χ3v) is 4.40. The Kier molecular flexibility index (Phi) is 3.79. The highest BCUT2D eigenvalue weighted by Gasteiger charge is 2.16. The highest BCUT2D eigenvalue weighted by Crippen LogP contribution is 2.33. The molecule has 4 heteroatoms. The van der Waals surface area contributed by atoms with E-state index in [0.29, 0.717) is 4.34 Å². The number of halogens is 2. The van der Waals surface area contributed by atoms with E-state index < -0.39 is 6.10 Å². The van der Waals surface area contributed by atoms with Crippen LogP contribution in [0.25, 0.3) is 0 Å². The van der Waals surface area contributed by atoms with E-state index in [1.165, 1.54) is 11.3 Å². The van der Waals surface area contributed by atoms with Gasteiger partial charge in [0.1, 0.15) is 6.10 Å². The zero-order chi connectivity index (χ0) is 12.6. The summed E-state index contributed by atoms with van der Waals surface area (Å²) in [5, 5.41) is 11.0. The number of benzene rings is 1. The molecule has 17 heavy (non-hydrogen) atoms. The molecular formula is C13H12Cl2OS. The highest BCUT2D eigenvalue weighted by molar-refractivity contribution is 7.16. The van der Waals surface area contributed by atoms with E-state index in [-0.39, 0.29) is 0 Å².